The minimum Gasteiger partial charge on any atom is -0.325 e. The summed E-state index contributed by atoms with van der Waals surface area (Å²) in [5.74, 6) is 0.374. The van der Waals surface area contributed by atoms with Gasteiger partial charge in [0.05, 0.1) is 5.39 Å². The van der Waals surface area contributed by atoms with Crippen molar-refractivity contribution in [2.24, 2.45) is 0 Å². The summed E-state index contributed by atoms with van der Waals surface area (Å²) in [7, 11) is 0. The van der Waals surface area contributed by atoms with Crippen molar-refractivity contribution in [3.8, 4) is 22.3 Å². The average molecular weight is 419 g/mol. The number of H-pyrrole nitrogens is 1. The van der Waals surface area contributed by atoms with E-state index in [1.807, 2.05) is 62.4 Å². The van der Waals surface area contributed by atoms with Gasteiger partial charge in [-0.15, -0.1) is 0 Å². The molecule has 2 aromatic heterocycles. The molecule has 0 amide bonds. The molecule has 0 aliphatic heterocycles. The Morgan fingerprint density at radius 1 is 0.812 bits per heavy atom. The lowest BCUT2D eigenvalue weighted by Gasteiger charge is -2.11. The van der Waals surface area contributed by atoms with Gasteiger partial charge in [-0.3, -0.25) is 9.78 Å². The summed E-state index contributed by atoms with van der Waals surface area (Å²) >= 11 is 0. The number of nitrogens with zero attached hydrogens (tertiary/aromatic N) is 2. The highest BCUT2D eigenvalue weighted by molar-refractivity contribution is 5.92. The van der Waals surface area contributed by atoms with Crippen molar-refractivity contribution in [1.82, 2.24) is 15.0 Å². The third kappa shape index (κ3) is 3.76. The van der Waals surface area contributed by atoms with Crippen LogP contribution in [0.3, 0.4) is 0 Å². The van der Waals surface area contributed by atoms with Gasteiger partial charge in [-0.25, -0.2) is 4.98 Å². The van der Waals surface area contributed by atoms with Gasteiger partial charge in [0.2, 0.25) is 5.95 Å². The van der Waals surface area contributed by atoms with E-state index in [4.69, 9.17) is 0 Å². The molecule has 0 aliphatic carbocycles. The smallest absolute Gasteiger partial charge is 0.262 e. The summed E-state index contributed by atoms with van der Waals surface area (Å²) in [6.07, 6.45) is 1.69. The molecule has 5 rings (SSSR count). The van der Waals surface area contributed by atoms with Crippen molar-refractivity contribution in [3.05, 3.63) is 107 Å². The van der Waals surface area contributed by atoms with Crippen molar-refractivity contribution < 1.29 is 0 Å². The second kappa shape index (κ2) is 8.12. The van der Waals surface area contributed by atoms with Crippen LogP contribution in [0.2, 0.25) is 0 Å². The standard InChI is InChI=1S/C27H22N4O/c1-17-8-13-23(18(2)16-17)29-27-30-25-24(26(32)31-27)22(14-15-28-25)21-11-9-20(10-12-21)19-6-4-3-5-7-19/h3-16H,1-2H3,(H2,28,29,30,31,32). The van der Waals surface area contributed by atoms with E-state index >= 15 is 0 Å². The number of fused-ring (bicyclic) bond motifs is 1. The Balaban J connectivity index is 1.53. The molecule has 0 aliphatic rings. The molecule has 0 spiro atoms. The van der Waals surface area contributed by atoms with Crippen LogP contribution in [-0.4, -0.2) is 15.0 Å². The monoisotopic (exact) mass is 418 g/mol. The summed E-state index contributed by atoms with van der Waals surface area (Å²) in [5.41, 5.74) is 7.36. The second-order valence-electron chi connectivity index (χ2n) is 7.86. The fraction of sp³-hybridized carbons (Fsp3) is 0.0741. The van der Waals surface area contributed by atoms with Crippen LogP contribution >= 0.6 is 0 Å². The Morgan fingerprint density at radius 2 is 1.53 bits per heavy atom. The average Bonchev–Trinajstić information content (AvgIpc) is 2.81. The number of rotatable bonds is 4. The highest BCUT2D eigenvalue weighted by Crippen LogP contribution is 2.28. The van der Waals surface area contributed by atoms with Gasteiger partial charge in [-0.05, 0) is 53.8 Å². The van der Waals surface area contributed by atoms with E-state index in [1.165, 1.54) is 5.56 Å². The van der Waals surface area contributed by atoms with E-state index in [9.17, 15) is 4.79 Å². The third-order valence-electron chi connectivity index (χ3n) is 5.55. The Kier molecular flexibility index (Phi) is 5.00. The summed E-state index contributed by atoms with van der Waals surface area (Å²) < 4.78 is 0. The quantitative estimate of drug-likeness (QED) is 0.375. The Hall–Kier alpha value is -4.25. The highest BCUT2D eigenvalue weighted by atomic mass is 16.1. The number of aromatic amines is 1. The lowest BCUT2D eigenvalue weighted by molar-refractivity contribution is 1.14. The van der Waals surface area contributed by atoms with Gasteiger partial charge >= 0.3 is 0 Å². The van der Waals surface area contributed by atoms with Crippen LogP contribution in [0.25, 0.3) is 33.3 Å². The fourth-order valence-electron chi connectivity index (χ4n) is 3.92. The van der Waals surface area contributed by atoms with Crippen molar-refractivity contribution >= 4 is 22.7 Å². The highest BCUT2D eigenvalue weighted by Gasteiger charge is 2.12. The number of hydrogen-bond donors (Lipinski definition) is 2. The maximum absolute atomic E-state index is 13.0. The van der Waals surface area contributed by atoms with Crippen LogP contribution < -0.4 is 10.9 Å². The molecule has 2 N–H and O–H groups in total. The number of anilines is 2. The van der Waals surface area contributed by atoms with Gasteiger partial charge in [0, 0.05) is 11.9 Å². The first-order chi connectivity index (χ1) is 15.6. The predicted octanol–water partition coefficient (Wildman–Crippen LogP) is 6.01. The zero-order chi connectivity index (χ0) is 22.1. The van der Waals surface area contributed by atoms with E-state index in [0.717, 1.165) is 33.5 Å². The number of pyridine rings is 1. The van der Waals surface area contributed by atoms with Crippen LogP contribution in [0.1, 0.15) is 11.1 Å². The first-order valence-electron chi connectivity index (χ1n) is 10.5. The van der Waals surface area contributed by atoms with Gasteiger partial charge in [-0.1, -0.05) is 72.3 Å². The van der Waals surface area contributed by atoms with Crippen LogP contribution in [0.4, 0.5) is 11.6 Å². The van der Waals surface area contributed by atoms with Crippen LogP contribution in [0, 0.1) is 13.8 Å². The molecular weight excluding hydrogens is 396 g/mol. The minimum atomic E-state index is -0.225. The zero-order valence-corrected chi connectivity index (χ0v) is 17.9. The zero-order valence-electron chi connectivity index (χ0n) is 17.9. The van der Waals surface area contributed by atoms with Gasteiger partial charge in [0.25, 0.3) is 5.56 Å². The molecule has 0 unspecified atom stereocenters. The Bertz CT molecular complexity index is 1470. The number of nitrogens with one attached hydrogen (secondary N) is 2. The SMILES string of the molecule is Cc1ccc(Nc2nc3nccc(-c4ccc(-c5ccccc5)cc4)c3c(=O)[nH]2)c(C)c1. The molecule has 0 saturated heterocycles. The van der Waals surface area contributed by atoms with Gasteiger partial charge in [0.15, 0.2) is 5.65 Å². The number of hydrogen-bond acceptors (Lipinski definition) is 4. The molecule has 3 aromatic carbocycles. The van der Waals surface area contributed by atoms with Gasteiger partial charge in [0.1, 0.15) is 0 Å². The maximum atomic E-state index is 13.0. The molecule has 5 nitrogen and oxygen atoms in total. The molecule has 0 radical (unpaired) electrons. The fourth-order valence-corrected chi connectivity index (χ4v) is 3.92. The lowest BCUT2D eigenvalue weighted by atomic mass is 9.99. The molecule has 0 fully saturated rings. The van der Waals surface area contributed by atoms with Crippen LogP contribution in [0.15, 0.2) is 89.9 Å². The summed E-state index contributed by atoms with van der Waals surface area (Å²) in [6, 6.07) is 26.3. The number of aromatic nitrogens is 3. The van der Waals surface area contributed by atoms with Gasteiger partial charge in [-0.2, -0.15) is 4.98 Å². The second-order valence-corrected chi connectivity index (χ2v) is 7.86. The maximum Gasteiger partial charge on any atom is 0.262 e. The summed E-state index contributed by atoms with van der Waals surface area (Å²) in [5, 5.41) is 3.69. The van der Waals surface area contributed by atoms with E-state index in [1.54, 1.807) is 6.20 Å². The van der Waals surface area contributed by atoms with Crippen molar-refractivity contribution in [3.63, 3.8) is 0 Å². The first kappa shape index (κ1) is 19.7. The lowest BCUT2D eigenvalue weighted by Crippen LogP contribution is -2.13. The Morgan fingerprint density at radius 3 is 2.28 bits per heavy atom. The van der Waals surface area contributed by atoms with E-state index in [2.05, 4.69) is 50.6 Å². The molecule has 5 heteroatoms. The summed E-state index contributed by atoms with van der Waals surface area (Å²) in [4.78, 5) is 24.8. The van der Waals surface area contributed by atoms with Crippen molar-refractivity contribution in [2.75, 3.05) is 5.32 Å². The van der Waals surface area contributed by atoms with Crippen molar-refractivity contribution in [2.45, 2.75) is 13.8 Å². The molecule has 0 bridgehead atoms. The largest absolute Gasteiger partial charge is 0.325 e. The molecule has 156 valence electrons. The van der Waals surface area contributed by atoms with Crippen molar-refractivity contribution in [1.29, 1.82) is 0 Å². The van der Waals surface area contributed by atoms with E-state index in [0.29, 0.717) is 17.0 Å². The third-order valence-corrected chi connectivity index (χ3v) is 5.55. The normalized spacial score (nSPS) is 10.9. The van der Waals surface area contributed by atoms with Crippen LogP contribution in [-0.2, 0) is 0 Å². The Labute approximate surface area is 185 Å². The van der Waals surface area contributed by atoms with Gasteiger partial charge < -0.3 is 5.32 Å². The molecule has 2 heterocycles. The minimum absolute atomic E-state index is 0.225. The van der Waals surface area contributed by atoms with Crippen LogP contribution in [0.5, 0.6) is 0 Å². The summed E-state index contributed by atoms with van der Waals surface area (Å²) in [6.45, 7) is 4.06. The molecule has 32 heavy (non-hydrogen) atoms. The topological polar surface area (TPSA) is 70.7 Å². The molecule has 0 saturated carbocycles. The number of aryl methyl sites for hydroxylation is 2. The molecule has 0 atom stereocenters. The van der Waals surface area contributed by atoms with E-state index in [-0.39, 0.29) is 5.56 Å². The molecule has 5 aromatic rings. The first-order valence-corrected chi connectivity index (χ1v) is 10.5. The number of benzene rings is 3. The van der Waals surface area contributed by atoms with E-state index < -0.39 is 0 Å². The molecular formula is C27H22N4O. The predicted molar refractivity (Wildman–Crippen MR) is 130 cm³/mol.